The third kappa shape index (κ3) is 5.63. The number of carbonyl (C=O) groups excluding carboxylic acids is 1. The zero-order chi connectivity index (χ0) is 20.5. The molecule has 6 nitrogen and oxygen atoms in total. The van der Waals surface area contributed by atoms with Gasteiger partial charge in [-0.15, -0.1) is 0 Å². The summed E-state index contributed by atoms with van der Waals surface area (Å²) in [6.45, 7) is 5.10. The highest BCUT2D eigenvalue weighted by molar-refractivity contribution is 5.95. The van der Waals surface area contributed by atoms with Crippen molar-refractivity contribution in [3.05, 3.63) is 48.0 Å². The zero-order valence-corrected chi connectivity index (χ0v) is 17.3. The molecule has 0 aliphatic rings. The molecule has 1 amide bonds. The largest absolute Gasteiger partial charge is 0.493 e. The number of hydrogen-bond acceptors (Lipinski definition) is 5. The summed E-state index contributed by atoms with van der Waals surface area (Å²) in [5.74, 6) is 2.03. The molecule has 0 aromatic heterocycles. The van der Waals surface area contributed by atoms with Crippen molar-refractivity contribution in [1.29, 1.82) is 0 Å². The van der Waals surface area contributed by atoms with Crippen molar-refractivity contribution in [2.75, 3.05) is 39.7 Å². The van der Waals surface area contributed by atoms with Gasteiger partial charge in [0, 0.05) is 6.54 Å². The lowest BCUT2D eigenvalue weighted by Gasteiger charge is -2.24. The Morgan fingerprint density at radius 1 is 1.07 bits per heavy atom. The fourth-order valence-electron chi connectivity index (χ4n) is 2.82. The Morgan fingerprint density at radius 3 is 2.46 bits per heavy atom. The van der Waals surface area contributed by atoms with E-state index in [-0.39, 0.29) is 11.9 Å². The molecule has 0 aliphatic carbocycles. The summed E-state index contributed by atoms with van der Waals surface area (Å²) in [6.07, 6.45) is 0.796. The third-order valence-corrected chi connectivity index (χ3v) is 4.69. The van der Waals surface area contributed by atoms with Crippen molar-refractivity contribution >= 4 is 11.6 Å². The quantitative estimate of drug-likeness (QED) is 0.676. The van der Waals surface area contributed by atoms with E-state index in [1.54, 1.807) is 14.2 Å². The van der Waals surface area contributed by atoms with Crippen molar-refractivity contribution in [2.24, 2.45) is 0 Å². The van der Waals surface area contributed by atoms with Crippen molar-refractivity contribution in [3.8, 4) is 17.2 Å². The second-order valence-corrected chi connectivity index (χ2v) is 6.51. The van der Waals surface area contributed by atoms with Crippen LogP contribution in [0.15, 0.2) is 42.5 Å². The number of methoxy groups -OCH3 is 2. The van der Waals surface area contributed by atoms with Gasteiger partial charge < -0.3 is 19.5 Å². The Hall–Kier alpha value is -2.73. The molecule has 0 unspecified atom stereocenters. The Bertz CT molecular complexity index is 779. The Kier molecular flexibility index (Phi) is 8.14. The SMILES string of the molecule is CCOc1ccccc1NC(=O)[C@H](C)N(C)CCc1ccc(OC)c(OC)c1. The maximum absolute atomic E-state index is 12.7. The van der Waals surface area contributed by atoms with Crippen LogP contribution in [0.2, 0.25) is 0 Å². The molecule has 0 heterocycles. The lowest BCUT2D eigenvalue weighted by molar-refractivity contribution is -0.120. The second kappa shape index (κ2) is 10.6. The van der Waals surface area contributed by atoms with E-state index in [0.717, 1.165) is 18.5 Å². The summed E-state index contributed by atoms with van der Waals surface area (Å²) in [5.41, 5.74) is 1.81. The number of ether oxygens (including phenoxy) is 3. The van der Waals surface area contributed by atoms with E-state index < -0.39 is 0 Å². The number of para-hydroxylation sites is 2. The van der Waals surface area contributed by atoms with Crippen molar-refractivity contribution in [1.82, 2.24) is 4.90 Å². The smallest absolute Gasteiger partial charge is 0.241 e. The average Bonchev–Trinajstić information content (AvgIpc) is 2.72. The van der Waals surface area contributed by atoms with Gasteiger partial charge in [0.05, 0.1) is 32.6 Å². The average molecular weight is 386 g/mol. The van der Waals surface area contributed by atoms with Crippen LogP contribution in [-0.4, -0.2) is 51.3 Å². The topological polar surface area (TPSA) is 60.0 Å². The summed E-state index contributed by atoms with van der Waals surface area (Å²) >= 11 is 0. The molecule has 1 N–H and O–H groups in total. The van der Waals surface area contributed by atoms with Crippen LogP contribution >= 0.6 is 0 Å². The van der Waals surface area contributed by atoms with E-state index in [1.165, 1.54) is 0 Å². The van der Waals surface area contributed by atoms with E-state index in [2.05, 4.69) is 5.32 Å². The molecule has 0 saturated carbocycles. The number of nitrogens with zero attached hydrogens (tertiary/aromatic N) is 1. The van der Waals surface area contributed by atoms with Gasteiger partial charge in [-0.05, 0) is 57.1 Å². The van der Waals surface area contributed by atoms with Gasteiger partial charge in [0.25, 0.3) is 0 Å². The minimum absolute atomic E-state index is 0.0676. The number of hydrogen-bond donors (Lipinski definition) is 1. The van der Waals surface area contributed by atoms with Crippen LogP contribution in [0, 0.1) is 0 Å². The molecule has 0 aliphatic heterocycles. The Morgan fingerprint density at radius 2 is 1.79 bits per heavy atom. The van der Waals surface area contributed by atoms with Crippen LogP contribution in [0.5, 0.6) is 17.2 Å². The summed E-state index contributed by atoms with van der Waals surface area (Å²) in [5, 5.41) is 2.97. The summed E-state index contributed by atoms with van der Waals surface area (Å²) < 4.78 is 16.2. The number of rotatable bonds is 10. The molecule has 0 saturated heterocycles. The van der Waals surface area contributed by atoms with Gasteiger partial charge in [-0.2, -0.15) is 0 Å². The van der Waals surface area contributed by atoms with E-state index in [1.807, 2.05) is 68.3 Å². The minimum Gasteiger partial charge on any atom is -0.493 e. The molecule has 28 heavy (non-hydrogen) atoms. The first kappa shape index (κ1) is 21.6. The second-order valence-electron chi connectivity index (χ2n) is 6.51. The highest BCUT2D eigenvalue weighted by atomic mass is 16.5. The molecule has 6 heteroatoms. The van der Waals surface area contributed by atoms with Crippen molar-refractivity contribution < 1.29 is 19.0 Å². The first-order valence-corrected chi connectivity index (χ1v) is 9.44. The first-order chi connectivity index (χ1) is 13.5. The van der Waals surface area contributed by atoms with Gasteiger partial charge in [-0.25, -0.2) is 0 Å². The maximum Gasteiger partial charge on any atom is 0.241 e. The molecule has 1 atom stereocenters. The van der Waals surface area contributed by atoms with E-state index >= 15 is 0 Å². The van der Waals surface area contributed by atoms with Gasteiger partial charge in [0.1, 0.15) is 5.75 Å². The standard InChI is InChI=1S/C22H30N2O4/c1-6-28-19-10-8-7-9-18(19)23-22(25)16(2)24(3)14-13-17-11-12-20(26-4)21(15-17)27-5/h7-12,15-16H,6,13-14H2,1-5H3,(H,23,25)/t16-/m0/s1. The third-order valence-electron chi connectivity index (χ3n) is 4.69. The van der Waals surface area contributed by atoms with Crippen LogP contribution in [0.25, 0.3) is 0 Å². The van der Waals surface area contributed by atoms with Crippen LogP contribution in [0.1, 0.15) is 19.4 Å². The monoisotopic (exact) mass is 386 g/mol. The predicted octanol–water partition coefficient (Wildman–Crippen LogP) is 3.60. The maximum atomic E-state index is 12.7. The van der Waals surface area contributed by atoms with Crippen LogP contribution in [0.3, 0.4) is 0 Å². The Balaban J connectivity index is 1.95. The van der Waals surface area contributed by atoms with Crippen LogP contribution in [-0.2, 0) is 11.2 Å². The lowest BCUT2D eigenvalue weighted by atomic mass is 10.1. The molecular formula is C22H30N2O4. The molecular weight excluding hydrogens is 356 g/mol. The fraction of sp³-hybridized carbons (Fsp3) is 0.409. The molecule has 2 aromatic rings. The van der Waals surface area contributed by atoms with E-state index in [4.69, 9.17) is 14.2 Å². The number of carbonyl (C=O) groups is 1. The van der Waals surface area contributed by atoms with Gasteiger partial charge in [0.2, 0.25) is 5.91 Å². The van der Waals surface area contributed by atoms with Gasteiger partial charge in [0.15, 0.2) is 11.5 Å². The predicted molar refractivity (Wildman–Crippen MR) is 112 cm³/mol. The molecule has 0 bridgehead atoms. The first-order valence-electron chi connectivity index (χ1n) is 9.44. The van der Waals surface area contributed by atoms with Crippen molar-refractivity contribution in [3.63, 3.8) is 0 Å². The number of anilines is 1. The van der Waals surface area contributed by atoms with Gasteiger partial charge >= 0.3 is 0 Å². The zero-order valence-electron chi connectivity index (χ0n) is 17.3. The molecule has 152 valence electrons. The number of likely N-dealkylation sites (N-methyl/N-ethyl adjacent to an activating group) is 1. The minimum atomic E-state index is -0.283. The normalized spacial score (nSPS) is 11.8. The number of amides is 1. The molecule has 2 aromatic carbocycles. The highest BCUT2D eigenvalue weighted by Gasteiger charge is 2.19. The highest BCUT2D eigenvalue weighted by Crippen LogP contribution is 2.28. The molecule has 0 radical (unpaired) electrons. The summed E-state index contributed by atoms with van der Waals surface area (Å²) in [7, 11) is 5.19. The number of nitrogens with one attached hydrogen (secondary N) is 1. The fourth-order valence-corrected chi connectivity index (χ4v) is 2.82. The molecule has 0 spiro atoms. The molecule has 0 fully saturated rings. The lowest BCUT2D eigenvalue weighted by Crippen LogP contribution is -2.40. The Labute approximate surface area is 167 Å². The number of benzene rings is 2. The summed E-state index contributed by atoms with van der Waals surface area (Å²) in [4.78, 5) is 14.7. The van der Waals surface area contributed by atoms with E-state index in [0.29, 0.717) is 29.5 Å². The van der Waals surface area contributed by atoms with Crippen molar-refractivity contribution in [2.45, 2.75) is 26.3 Å². The van der Waals surface area contributed by atoms with Crippen LogP contribution in [0.4, 0.5) is 5.69 Å². The van der Waals surface area contributed by atoms with Gasteiger partial charge in [-0.1, -0.05) is 18.2 Å². The molecule has 2 rings (SSSR count). The van der Waals surface area contributed by atoms with Gasteiger partial charge in [-0.3, -0.25) is 9.69 Å². The van der Waals surface area contributed by atoms with Crippen LogP contribution < -0.4 is 19.5 Å². The van der Waals surface area contributed by atoms with E-state index in [9.17, 15) is 4.79 Å². The summed E-state index contributed by atoms with van der Waals surface area (Å²) in [6, 6.07) is 13.1.